The predicted octanol–water partition coefficient (Wildman–Crippen LogP) is 0.995. The van der Waals surface area contributed by atoms with Crippen LogP contribution in [-0.4, -0.2) is 9.63 Å². The van der Waals surface area contributed by atoms with E-state index in [-0.39, 0.29) is 5.88 Å². The van der Waals surface area contributed by atoms with E-state index in [1.165, 1.54) is 11.5 Å². The number of hydrogen-bond acceptors (Lipinski definition) is 4. The summed E-state index contributed by atoms with van der Waals surface area (Å²) in [5.74, 6) is 0.255. The van der Waals surface area contributed by atoms with Crippen LogP contribution in [0, 0.1) is 0 Å². The first-order valence-corrected chi connectivity index (χ1v) is 2.49. The number of hydrogen-bond donors (Lipinski definition) is 1. The van der Waals surface area contributed by atoms with Crippen molar-refractivity contribution in [2.75, 3.05) is 0 Å². The molecular weight excluding hydrogens is 114 g/mol. The Balaban J connectivity index is 2.76. The summed E-state index contributed by atoms with van der Waals surface area (Å²) in [7, 11) is 0. The normalized spacial score (nSPS) is 8.71. The molecule has 3 nitrogen and oxygen atoms in total. The molecule has 1 heterocycles. The summed E-state index contributed by atoms with van der Waals surface area (Å²) in [6.07, 6.45) is 0. The highest BCUT2D eigenvalue weighted by Crippen LogP contribution is 2.05. The average molecular weight is 117 g/mol. The third kappa shape index (κ3) is 0.880. The number of aromatic nitrogens is 1. The van der Waals surface area contributed by atoms with Gasteiger partial charge in [-0.25, -0.2) is 5.26 Å². The minimum Gasteiger partial charge on any atom is -0.319 e. The van der Waals surface area contributed by atoms with Crippen molar-refractivity contribution >= 4 is 11.5 Å². The van der Waals surface area contributed by atoms with Crippen LogP contribution in [0.15, 0.2) is 11.4 Å². The van der Waals surface area contributed by atoms with Crippen LogP contribution in [0.2, 0.25) is 0 Å². The lowest BCUT2D eigenvalue weighted by Crippen LogP contribution is -1.79. The molecule has 0 atom stereocenters. The van der Waals surface area contributed by atoms with Gasteiger partial charge in [0.1, 0.15) is 0 Å². The van der Waals surface area contributed by atoms with Gasteiger partial charge in [-0.15, -0.1) is 0 Å². The monoisotopic (exact) mass is 117 g/mol. The van der Waals surface area contributed by atoms with Crippen molar-refractivity contribution in [3.63, 3.8) is 0 Å². The van der Waals surface area contributed by atoms with Crippen molar-refractivity contribution < 1.29 is 10.1 Å². The Hall–Kier alpha value is -0.610. The maximum absolute atomic E-state index is 7.87. The highest BCUT2D eigenvalue weighted by molar-refractivity contribution is 7.03. The van der Waals surface area contributed by atoms with E-state index in [1.807, 2.05) is 0 Å². The van der Waals surface area contributed by atoms with E-state index in [4.69, 9.17) is 5.26 Å². The van der Waals surface area contributed by atoms with Gasteiger partial charge in [0.2, 0.25) is 0 Å². The summed E-state index contributed by atoms with van der Waals surface area (Å²) in [5, 5.41) is 9.58. The minimum absolute atomic E-state index is 0.255. The van der Waals surface area contributed by atoms with Crippen LogP contribution in [0.4, 0.5) is 0 Å². The van der Waals surface area contributed by atoms with Crippen molar-refractivity contribution in [1.29, 1.82) is 0 Å². The number of rotatable bonds is 1. The van der Waals surface area contributed by atoms with Crippen molar-refractivity contribution in [3.05, 3.63) is 11.4 Å². The Kier molecular flexibility index (Phi) is 1.24. The SMILES string of the molecule is OOc1ccsn1. The molecule has 1 rings (SSSR count). The Bertz CT molecular complexity index is 127. The molecule has 0 radical (unpaired) electrons. The predicted molar refractivity (Wildman–Crippen MR) is 25.4 cm³/mol. The molecule has 0 saturated carbocycles. The van der Waals surface area contributed by atoms with E-state index in [9.17, 15) is 0 Å². The summed E-state index contributed by atoms with van der Waals surface area (Å²) in [4.78, 5) is 3.75. The van der Waals surface area contributed by atoms with Crippen LogP contribution in [0.1, 0.15) is 0 Å². The topological polar surface area (TPSA) is 42.4 Å². The fourth-order valence-corrected chi connectivity index (χ4v) is 0.685. The molecule has 0 unspecified atom stereocenters. The molecule has 4 heteroatoms. The average Bonchev–Trinajstić information content (AvgIpc) is 2.14. The minimum atomic E-state index is 0.255. The zero-order valence-electron chi connectivity index (χ0n) is 3.37. The van der Waals surface area contributed by atoms with Gasteiger partial charge in [-0.05, 0) is 11.5 Å². The quantitative estimate of drug-likeness (QED) is 0.440. The van der Waals surface area contributed by atoms with Gasteiger partial charge in [0.15, 0.2) is 0 Å². The van der Waals surface area contributed by atoms with Gasteiger partial charge in [0.25, 0.3) is 5.88 Å². The molecule has 0 aliphatic rings. The molecule has 0 fully saturated rings. The highest BCUT2D eigenvalue weighted by atomic mass is 32.1. The maximum Gasteiger partial charge on any atom is 0.267 e. The highest BCUT2D eigenvalue weighted by Gasteiger charge is 1.87. The van der Waals surface area contributed by atoms with Gasteiger partial charge < -0.3 is 4.89 Å². The molecule has 0 bridgehead atoms. The maximum atomic E-state index is 7.87. The van der Waals surface area contributed by atoms with Gasteiger partial charge in [-0.1, -0.05) is 0 Å². The fraction of sp³-hybridized carbons (Fsp3) is 0. The van der Waals surface area contributed by atoms with E-state index in [0.717, 1.165) is 0 Å². The Morgan fingerprint density at radius 1 is 1.86 bits per heavy atom. The first-order chi connectivity index (χ1) is 3.43. The van der Waals surface area contributed by atoms with E-state index < -0.39 is 0 Å². The zero-order valence-corrected chi connectivity index (χ0v) is 4.18. The summed E-state index contributed by atoms with van der Waals surface area (Å²) in [6, 6.07) is 1.57. The zero-order chi connectivity index (χ0) is 5.11. The summed E-state index contributed by atoms with van der Waals surface area (Å²) in [6.45, 7) is 0. The van der Waals surface area contributed by atoms with Gasteiger partial charge in [-0.2, -0.15) is 4.37 Å². The van der Waals surface area contributed by atoms with E-state index in [0.29, 0.717) is 0 Å². The third-order valence-corrected chi connectivity index (χ3v) is 1.05. The first-order valence-electron chi connectivity index (χ1n) is 1.65. The van der Waals surface area contributed by atoms with Gasteiger partial charge in [0.05, 0.1) is 0 Å². The van der Waals surface area contributed by atoms with Crippen LogP contribution in [0.3, 0.4) is 0 Å². The molecule has 1 aromatic heterocycles. The molecule has 1 N–H and O–H groups in total. The van der Waals surface area contributed by atoms with Crippen molar-refractivity contribution in [3.8, 4) is 5.88 Å². The van der Waals surface area contributed by atoms with Crippen LogP contribution < -0.4 is 4.89 Å². The van der Waals surface area contributed by atoms with Gasteiger partial charge in [-0.3, -0.25) is 0 Å². The van der Waals surface area contributed by atoms with Crippen molar-refractivity contribution in [1.82, 2.24) is 4.37 Å². The lowest BCUT2D eigenvalue weighted by Gasteiger charge is -1.80. The van der Waals surface area contributed by atoms with Gasteiger partial charge in [0, 0.05) is 11.4 Å². The Morgan fingerprint density at radius 2 is 2.71 bits per heavy atom. The fourth-order valence-electron chi connectivity index (χ4n) is 0.249. The standard InChI is InChI=1S/C3H3NO2S/c5-6-3-1-2-7-4-3/h1-2,5H. The Labute approximate surface area is 44.3 Å². The molecule has 0 aromatic carbocycles. The summed E-state index contributed by atoms with van der Waals surface area (Å²) >= 11 is 1.23. The van der Waals surface area contributed by atoms with Crippen LogP contribution in [-0.2, 0) is 0 Å². The lowest BCUT2D eigenvalue weighted by molar-refractivity contribution is -0.140. The molecule has 0 aliphatic heterocycles. The molecule has 7 heavy (non-hydrogen) atoms. The summed E-state index contributed by atoms with van der Waals surface area (Å²) < 4.78 is 3.60. The molecule has 0 aliphatic carbocycles. The van der Waals surface area contributed by atoms with Gasteiger partial charge >= 0.3 is 0 Å². The van der Waals surface area contributed by atoms with Crippen molar-refractivity contribution in [2.45, 2.75) is 0 Å². The first kappa shape index (κ1) is 4.55. The molecule has 1 aromatic rings. The lowest BCUT2D eigenvalue weighted by atomic mass is 10.7. The molecule has 38 valence electrons. The molecular formula is C3H3NO2S. The van der Waals surface area contributed by atoms with Crippen LogP contribution in [0.25, 0.3) is 0 Å². The second kappa shape index (κ2) is 1.90. The van der Waals surface area contributed by atoms with E-state index in [2.05, 4.69) is 9.26 Å². The van der Waals surface area contributed by atoms with Crippen molar-refractivity contribution in [2.24, 2.45) is 0 Å². The molecule has 0 amide bonds. The third-order valence-electron chi connectivity index (χ3n) is 0.508. The summed E-state index contributed by atoms with van der Waals surface area (Å²) in [5.41, 5.74) is 0. The number of nitrogens with zero attached hydrogens (tertiary/aromatic N) is 1. The van der Waals surface area contributed by atoms with E-state index in [1.54, 1.807) is 11.4 Å². The second-order valence-corrected chi connectivity index (χ2v) is 1.59. The second-order valence-electron chi connectivity index (χ2n) is 0.929. The molecule has 0 spiro atoms. The van der Waals surface area contributed by atoms with Crippen LogP contribution >= 0.6 is 11.5 Å². The molecule has 0 saturated heterocycles. The Morgan fingerprint density at radius 3 is 3.00 bits per heavy atom. The smallest absolute Gasteiger partial charge is 0.267 e. The van der Waals surface area contributed by atoms with Crippen LogP contribution in [0.5, 0.6) is 5.88 Å². The van der Waals surface area contributed by atoms with E-state index >= 15 is 0 Å². The largest absolute Gasteiger partial charge is 0.319 e.